The minimum Gasteiger partial charge on any atom is -0.404 e. The lowest BCUT2D eigenvalue weighted by Gasteiger charge is -2.62. The Bertz CT molecular complexity index is 2000. The molecule has 2 aromatic rings. The van der Waals surface area contributed by atoms with Crippen LogP contribution in [0, 0.1) is 34.5 Å². The molecule has 2 aromatic carbocycles. The highest BCUT2D eigenvalue weighted by Crippen LogP contribution is 2.68. The Kier molecular flexibility index (Phi) is 24.8. The number of aliphatic hydroxyl groups excluding tert-OH is 2. The summed E-state index contributed by atoms with van der Waals surface area (Å²) in [4.78, 5) is 0. The molecule has 0 aromatic heterocycles. The van der Waals surface area contributed by atoms with Crippen LogP contribution in [0.25, 0.3) is 0 Å². The maximum Gasteiger partial charge on any atom is 0.530 e. The van der Waals surface area contributed by atoms with Crippen LogP contribution in [0.5, 0.6) is 11.5 Å². The molecule has 4 bridgehead atoms. The molecule has 426 valence electrons. The van der Waals surface area contributed by atoms with Crippen molar-refractivity contribution in [2.24, 2.45) is 34.5 Å². The van der Waals surface area contributed by atoms with E-state index in [2.05, 4.69) is 93.5 Å². The largest absolute Gasteiger partial charge is 0.530 e. The lowest BCUT2D eigenvalue weighted by Crippen LogP contribution is -2.57. The van der Waals surface area contributed by atoms with E-state index < -0.39 is 21.7 Å². The third-order valence-electron chi connectivity index (χ3n) is 17.8. The predicted molar refractivity (Wildman–Crippen MR) is 304 cm³/mol. The zero-order valence-electron chi connectivity index (χ0n) is 48.1. The Hall–Kier alpha value is -1.78. The van der Waals surface area contributed by atoms with E-state index in [0.717, 1.165) is 69.6 Å². The van der Waals surface area contributed by atoms with Crippen molar-refractivity contribution in [1.29, 1.82) is 0 Å². The first-order chi connectivity index (χ1) is 34.5. The topological polar surface area (TPSA) is 139 Å². The van der Waals surface area contributed by atoms with Crippen LogP contribution in [0.1, 0.15) is 241 Å². The van der Waals surface area contributed by atoms with Gasteiger partial charge in [0.2, 0.25) is 0 Å². The molecule has 13 heteroatoms. The van der Waals surface area contributed by atoms with Crippen molar-refractivity contribution in [2.75, 3.05) is 39.6 Å². The molecule has 4 unspecified atom stereocenters. The maximum absolute atomic E-state index is 13.8. The van der Waals surface area contributed by atoms with Gasteiger partial charge in [0.15, 0.2) is 0 Å². The Morgan fingerprint density at radius 2 is 0.946 bits per heavy atom. The molecule has 74 heavy (non-hydrogen) atoms. The van der Waals surface area contributed by atoms with E-state index in [9.17, 15) is 19.3 Å². The molecule has 8 atom stereocenters. The highest BCUT2D eigenvalue weighted by Gasteiger charge is 2.60. The lowest BCUT2D eigenvalue weighted by atomic mass is 9.44. The zero-order valence-corrected chi connectivity index (χ0v) is 49.9. The van der Waals surface area contributed by atoms with Crippen LogP contribution in [0.15, 0.2) is 36.4 Å². The normalized spacial score (nSPS) is 25.7. The quantitative estimate of drug-likeness (QED) is 0.0687. The van der Waals surface area contributed by atoms with Gasteiger partial charge in [-0.25, -0.2) is 9.13 Å². The smallest absolute Gasteiger partial charge is 0.404 e. The van der Waals surface area contributed by atoms with Gasteiger partial charge in [-0.15, -0.1) is 0 Å². The highest BCUT2D eigenvalue weighted by atomic mass is 31.2. The number of fused-ring (bicyclic) bond motifs is 4. The van der Waals surface area contributed by atoms with Crippen molar-refractivity contribution >= 4 is 15.6 Å². The van der Waals surface area contributed by atoms with Crippen LogP contribution in [0.3, 0.4) is 0 Å². The number of phosphoric ester groups is 2. The molecule has 0 amide bonds. The summed E-state index contributed by atoms with van der Waals surface area (Å²) in [5.41, 5.74) is 4.48. The van der Waals surface area contributed by atoms with Gasteiger partial charge in [-0.2, -0.15) is 0 Å². The van der Waals surface area contributed by atoms with Gasteiger partial charge in [-0.05, 0) is 165 Å². The van der Waals surface area contributed by atoms with Gasteiger partial charge in [0.05, 0.1) is 38.6 Å². The summed E-state index contributed by atoms with van der Waals surface area (Å²) < 4.78 is 67.4. The lowest BCUT2D eigenvalue weighted by molar-refractivity contribution is -0.152. The van der Waals surface area contributed by atoms with Gasteiger partial charge in [-0.3, -0.25) is 18.1 Å². The summed E-state index contributed by atoms with van der Waals surface area (Å²) >= 11 is 0. The molecule has 0 radical (unpaired) electrons. The van der Waals surface area contributed by atoms with Crippen LogP contribution in [0.4, 0.5) is 0 Å². The molecule has 7 aliphatic rings. The molecule has 9 rings (SSSR count). The minimum atomic E-state index is -4.02. The zero-order chi connectivity index (χ0) is 53.8. The molecule has 1 aliphatic heterocycles. The van der Waals surface area contributed by atoms with E-state index in [1.54, 1.807) is 27.7 Å². The second kappa shape index (κ2) is 28.4. The third-order valence-corrected chi connectivity index (χ3v) is 21.0. The molecular formula is C61H106O11P2. The van der Waals surface area contributed by atoms with Crippen LogP contribution in [-0.4, -0.2) is 62.1 Å². The Balaban J connectivity index is 0.000000320. The van der Waals surface area contributed by atoms with E-state index in [-0.39, 0.29) is 85.5 Å². The molecule has 0 spiro atoms. The van der Waals surface area contributed by atoms with E-state index >= 15 is 0 Å². The van der Waals surface area contributed by atoms with E-state index in [1.807, 2.05) is 12.1 Å². The van der Waals surface area contributed by atoms with Crippen LogP contribution < -0.4 is 9.05 Å². The molecular weight excluding hydrogens is 971 g/mol. The minimum absolute atomic E-state index is 0. The van der Waals surface area contributed by atoms with E-state index in [4.69, 9.17) is 31.9 Å². The fourth-order valence-electron chi connectivity index (χ4n) is 13.1. The van der Waals surface area contributed by atoms with E-state index in [1.165, 1.54) is 62.5 Å². The van der Waals surface area contributed by atoms with Gasteiger partial charge in [0.25, 0.3) is 0 Å². The maximum atomic E-state index is 13.8. The standard InChI is InChI=1S/C32H56O9P2.C24H38O.C4H8O.CH4/c1-10-15-16-17-18-31(6,7)23-19-28(40-42(34,36-11-2)37-12-3)30(24-21-27(33)26-22-25(24)32(26,8)9)29(20-23)41-43(35,38-13-4)39-14-5;1-6-7-8-9-14-23(2,3)18-12-10-17(11-13-18)19-15-22(25)21-16-20(19)24(21,4)5;1-2-4-5-3-1;/h19-20,24-27,33H,10-18,21-22H2,1-9H3;10-13,19-22,25H,6-9,14-16H2,1-5H3;1-4H2;1H4/t24?,25-,26+,27?;19?,20-,21+,22?;;/m00../s1. The van der Waals surface area contributed by atoms with Crippen LogP contribution >= 0.6 is 15.6 Å². The van der Waals surface area contributed by atoms with Crippen molar-refractivity contribution in [3.05, 3.63) is 58.7 Å². The van der Waals surface area contributed by atoms with Crippen molar-refractivity contribution in [1.82, 2.24) is 0 Å². The number of ether oxygens (including phenoxy) is 1. The number of benzene rings is 2. The van der Waals surface area contributed by atoms with Gasteiger partial charge in [0.1, 0.15) is 11.5 Å². The van der Waals surface area contributed by atoms with Crippen molar-refractivity contribution in [3.63, 3.8) is 0 Å². The molecule has 11 nitrogen and oxygen atoms in total. The fourth-order valence-corrected chi connectivity index (χ4v) is 15.5. The Labute approximate surface area is 451 Å². The monoisotopic (exact) mass is 1080 g/mol. The summed E-state index contributed by atoms with van der Waals surface area (Å²) in [6.45, 7) is 32.0. The third kappa shape index (κ3) is 16.0. The molecule has 6 saturated carbocycles. The van der Waals surface area contributed by atoms with Gasteiger partial charge < -0.3 is 24.0 Å². The summed E-state index contributed by atoms with van der Waals surface area (Å²) in [7, 11) is -8.04. The number of hydrogen-bond donors (Lipinski definition) is 2. The predicted octanol–water partition coefficient (Wildman–Crippen LogP) is 17.4. The van der Waals surface area contributed by atoms with Crippen LogP contribution in [-0.2, 0) is 42.8 Å². The summed E-state index contributed by atoms with van der Waals surface area (Å²) in [6, 6.07) is 13.2. The number of unbranched alkanes of at least 4 members (excludes halogenated alkanes) is 6. The summed E-state index contributed by atoms with van der Waals surface area (Å²) in [5, 5.41) is 21.7. The van der Waals surface area contributed by atoms with Gasteiger partial charge >= 0.3 is 15.6 Å². The fraction of sp³-hybridized carbons (Fsp3) is 0.803. The molecule has 2 N–H and O–H groups in total. The summed E-state index contributed by atoms with van der Waals surface area (Å²) in [5.74, 6) is 2.54. The van der Waals surface area contributed by atoms with Crippen molar-refractivity contribution in [2.45, 2.75) is 242 Å². The van der Waals surface area contributed by atoms with Crippen molar-refractivity contribution < 1.29 is 51.2 Å². The SMILES string of the molecule is C.C1CCOC1.CCCCCCC(C)(C)c1cc(OP(=O)(OCC)OCC)c(C2CC(O)[C@H]3C[C@@H]2C3(C)C)c(OP(=O)(OCC)OCC)c1.CCCCCCC(C)(C)c1ccc(C2CC(O)[C@H]3C[C@@H]2C3(C)C)cc1. The number of hydrogen-bond acceptors (Lipinski definition) is 11. The first kappa shape index (κ1) is 64.7. The second-order valence-electron chi connectivity index (χ2n) is 24.3. The van der Waals surface area contributed by atoms with E-state index in [0.29, 0.717) is 29.2 Å². The number of aliphatic hydroxyl groups is 2. The number of phosphoric acid groups is 2. The molecule has 6 aliphatic carbocycles. The first-order valence-corrected chi connectivity index (χ1v) is 31.8. The van der Waals surface area contributed by atoms with Gasteiger partial charge in [0, 0.05) is 18.8 Å². The Morgan fingerprint density at radius 3 is 1.30 bits per heavy atom. The average Bonchev–Trinajstić information content (AvgIpc) is 3.92. The summed E-state index contributed by atoms with van der Waals surface area (Å²) in [6.07, 6.45) is 17.4. The molecule has 1 heterocycles. The molecule has 7 fully saturated rings. The second-order valence-corrected chi connectivity index (χ2v) is 27.5. The molecule has 1 saturated heterocycles. The van der Waals surface area contributed by atoms with Crippen LogP contribution in [0.2, 0.25) is 0 Å². The first-order valence-electron chi connectivity index (χ1n) is 28.9. The average molecular weight is 1080 g/mol. The Morgan fingerprint density at radius 1 is 0.554 bits per heavy atom. The highest BCUT2D eigenvalue weighted by molar-refractivity contribution is 7.49. The number of rotatable bonds is 26. The van der Waals surface area contributed by atoms with Crippen molar-refractivity contribution in [3.8, 4) is 11.5 Å². The van der Waals surface area contributed by atoms with Gasteiger partial charge in [-0.1, -0.05) is 152 Å².